The summed E-state index contributed by atoms with van der Waals surface area (Å²) in [5.74, 6) is 1.42. The molecule has 36 heavy (non-hydrogen) atoms. The molecule has 7 heteroatoms. The van der Waals surface area contributed by atoms with Gasteiger partial charge in [0.15, 0.2) is 16.9 Å². The third-order valence-corrected chi connectivity index (χ3v) is 6.64. The van der Waals surface area contributed by atoms with E-state index >= 15 is 0 Å². The van der Waals surface area contributed by atoms with Crippen LogP contribution in [0.15, 0.2) is 63.8 Å². The van der Waals surface area contributed by atoms with Crippen LogP contribution in [0.2, 0.25) is 0 Å². The van der Waals surface area contributed by atoms with Gasteiger partial charge in [-0.25, -0.2) is 0 Å². The van der Waals surface area contributed by atoms with Gasteiger partial charge in [-0.1, -0.05) is 6.07 Å². The van der Waals surface area contributed by atoms with Gasteiger partial charge in [-0.15, -0.1) is 0 Å². The van der Waals surface area contributed by atoms with E-state index in [9.17, 15) is 9.59 Å². The molecule has 0 bridgehead atoms. The fraction of sp³-hybridized carbons (Fsp3) is 0.241. The van der Waals surface area contributed by atoms with Crippen molar-refractivity contribution >= 4 is 22.6 Å². The average Bonchev–Trinajstić information content (AvgIpc) is 3.18. The van der Waals surface area contributed by atoms with Crippen LogP contribution in [0.5, 0.6) is 17.2 Å². The second-order valence-corrected chi connectivity index (χ2v) is 8.73. The first-order chi connectivity index (χ1) is 17.4. The van der Waals surface area contributed by atoms with Crippen molar-refractivity contribution in [3.05, 3.63) is 92.8 Å². The number of hydrogen-bond donors (Lipinski definition) is 0. The first kappa shape index (κ1) is 23.5. The van der Waals surface area contributed by atoms with Gasteiger partial charge in [0, 0.05) is 5.69 Å². The van der Waals surface area contributed by atoms with Crippen LogP contribution in [0.1, 0.15) is 45.8 Å². The van der Waals surface area contributed by atoms with Crippen molar-refractivity contribution in [3.8, 4) is 17.2 Å². The van der Waals surface area contributed by atoms with Gasteiger partial charge >= 0.3 is 0 Å². The fourth-order valence-electron chi connectivity index (χ4n) is 4.68. The van der Waals surface area contributed by atoms with Crippen molar-refractivity contribution in [2.24, 2.45) is 0 Å². The number of nitrogens with zero attached hydrogens (tertiary/aromatic N) is 1. The molecule has 0 fully saturated rings. The highest BCUT2D eigenvalue weighted by atomic mass is 16.5. The van der Waals surface area contributed by atoms with Crippen LogP contribution in [-0.2, 0) is 0 Å². The van der Waals surface area contributed by atoms with Crippen LogP contribution in [0.25, 0.3) is 11.0 Å². The number of ether oxygens (including phenoxy) is 3. The zero-order chi connectivity index (χ0) is 25.6. The summed E-state index contributed by atoms with van der Waals surface area (Å²) in [6, 6.07) is 15.5. The van der Waals surface area contributed by atoms with Gasteiger partial charge in [-0.2, -0.15) is 0 Å². The van der Waals surface area contributed by atoms with E-state index in [1.165, 1.54) is 0 Å². The van der Waals surface area contributed by atoms with Crippen molar-refractivity contribution < 1.29 is 23.4 Å². The SMILES string of the molecule is CCOc1ccc(C2c3c(oc4cc(C)c(C)cc4c3=O)C(=O)N2c2ccc(OC)cc2)cc1OC. The quantitative estimate of drug-likeness (QED) is 0.355. The van der Waals surface area contributed by atoms with E-state index in [0.717, 1.165) is 11.1 Å². The van der Waals surface area contributed by atoms with Crippen LogP contribution in [0.4, 0.5) is 5.69 Å². The summed E-state index contributed by atoms with van der Waals surface area (Å²) in [4.78, 5) is 29.3. The molecular formula is C29H27NO6. The largest absolute Gasteiger partial charge is 0.497 e. The maximum atomic E-state index is 13.9. The topological polar surface area (TPSA) is 78.2 Å². The Hall–Kier alpha value is -4.26. The molecule has 0 saturated heterocycles. The van der Waals surface area contributed by atoms with Crippen LogP contribution in [0, 0.1) is 13.8 Å². The number of amides is 1. The van der Waals surface area contributed by atoms with Gasteiger partial charge in [-0.3, -0.25) is 14.5 Å². The van der Waals surface area contributed by atoms with Gasteiger partial charge in [0.1, 0.15) is 11.3 Å². The average molecular weight is 486 g/mol. The number of rotatable bonds is 6. The molecule has 1 aliphatic heterocycles. The first-order valence-corrected chi connectivity index (χ1v) is 11.7. The summed E-state index contributed by atoms with van der Waals surface area (Å²) in [7, 11) is 3.14. The number of aryl methyl sites for hydroxylation is 2. The molecule has 5 rings (SSSR count). The Morgan fingerprint density at radius 3 is 2.28 bits per heavy atom. The number of carbonyl (C=O) groups is 1. The molecule has 0 radical (unpaired) electrons. The minimum Gasteiger partial charge on any atom is -0.497 e. The van der Waals surface area contributed by atoms with E-state index in [0.29, 0.717) is 51.6 Å². The van der Waals surface area contributed by atoms with Crippen molar-refractivity contribution in [3.63, 3.8) is 0 Å². The molecule has 1 amide bonds. The van der Waals surface area contributed by atoms with E-state index in [4.69, 9.17) is 18.6 Å². The van der Waals surface area contributed by atoms with Crippen molar-refractivity contribution in [1.29, 1.82) is 0 Å². The van der Waals surface area contributed by atoms with E-state index in [-0.39, 0.29) is 17.1 Å². The summed E-state index contributed by atoms with van der Waals surface area (Å²) in [6.45, 7) is 6.27. The lowest BCUT2D eigenvalue weighted by Crippen LogP contribution is -2.29. The Morgan fingerprint density at radius 2 is 1.61 bits per heavy atom. The molecular weight excluding hydrogens is 458 g/mol. The van der Waals surface area contributed by atoms with Gasteiger partial charge in [-0.05, 0) is 86.0 Å². The maximum Gasteiger partial charge on any atom is 0.295 e. The zero-order valence-corrected chi connectivity index (χ0v) is 20.9. The van der Waals surface area contributed by atoms with Crippen LogP contribution in [0.3, 0.4) is 0 Å². The predicted octanol–water partition coefficient (Wildman–Crippen LogP) is 5.58. The van der Waals surface area contributed by atoms with Crippen molar-refractivity contribution in [1.82, 2.24) is 0 Å². The van der Waals surface area contributed by atoms with Crippen LogP contribution < -0.4 is 24.5 Å². The van der Waals surface area contributed by atoms with Crippen LogP contribution in [-0.4, -0.2) is 26.7 Å². The third kappa shape index (κ3) is 3.68. The fourth-order valence-corrected chi connectivity index (χ4v) is 4.68. The molecule has 0 spiro atoms. The van der Waals surface area contributed by atoms with Crippen LogP contribution >= 0.6 is 0 Å². The monoisotopic (exact) mass is 485 g/mol. The molecule has 0 saturated carbocycles. The Kier molecular flexibility index (Phi) is 5.92. The highest BCUT2D eigenvalue weighted by molar-refractivity contribution is 6.10. The lowest BCUT2D eigenvalue weighted by Gasteiger charge is -2.26. The molecule has 3 aromatic carbocycles. The van der Waals surface area contributed by atoms with Gasteiger partial charge in [0.25, 0.3) is 5.91 Å². The molecule has 4 aromatic rings. The Balaban J connectivity index is 1.78. The lowest BCUT2D eigenvalue weighted by molar-refractivity contribution is 0.0971. The number of fused-ring (bicyclic) bond motifs is 2. The van der Waals surface area contributed by atoms with E-state index in [1.807, 2.05) is 39.0 Å². The number of methoxy groups -OCH3 is 2. The molecule has 1 aromatic heterocycles. The molecule has 0 aliphatic carbocycles. The standard InChI is InChI=1S/C29H27NO6/c1-6-35-22-12-7-18(15-24(22)34-5)26-25-27(31)21-13-16(2)17(3)14-23(21)36-28(25)29(32)30(26)19-8-10-20(33-4)11-9-19/h7-15,26H,6H2,1-5H3. The zero-order valence-electron chi connectivity index (χ0n) is 20.9. The summed E-state index contributed by atoms with van der Waals surface area (Å²) in [5, 5.41) is 0.448. The molecule has 0 N–H and O–H groups in total. The van der Waals surface area contributed by atoms with E-state index in [1.54, 1.807) is 55.5 Å². The molecule has 7 nitrogen and oxygen atoms in total. The molecule has 1 aliphatic rings. The Morgan fingerprint density at radius 1 is 0.889 bits per heavy atom. The van der Waals surface area contributed by atoms with Crippen molar-refractivity contribution in [2.45, 2.75) is 26.8 Å². The maximum absolute atomic E-state index is 13.9. The number of hydrogen-bond acceptors (Lipinski definition) is 6. The van der Waals surface area contributed by atoms with E-state index < -0.39 is 6.04 Å². The first-order valence-electron chi connectivity index (χ1n) is 11.7. The van der Waals surface area contributed by atoms with Crippen molar-refractivity contribution in [2.75, 3.05) is 25.7 Å². The van der Waals surface area contributed by atoms with Gasteiger partial charge < -0.3 is 18.6 Å². The van der Waals surface area contributed by atoms with Gasteiger partial charge in [0.2, 0.25) is 5.76 Å². The molecule has 2 heterocycles. The summed E-state index contributed by atoms with van der Waals surface area (Å²) < 4.78 is 22.7. The highest BCUT2D eigenvalue weighted by Gasteiger charge is 2.44. The predicted molar refractivity (Wildman–Crippen MR) is 138 cm³/mol. The summed E-state index contributed by atoms with van der Waals surface area (Å²) in [5.41, 5.74) is 3.75. The minimum absolute atomic E-state index is 0.0458. The minimum atomic E-state index is -0.715. The summed E-state index contributed by atoms with van der Waals surface area (Å²) in [6.07, 6.45) is 0. The Labute approximate surface area is 208 Å². The smallest absolute Gasteiger partial charge is 0.295 e. The molecule has 1 unspecified atom stereocenters. The second-order valence-electron chi connectivity index (χ2n) is 8.73. The molecule has 1 atom stereocenters. The number of anilines is 1. The Bertz CT molecular complexity index is 1540. The number of carbonyl (C=O) groups excluding carboxylic acids is 1. The third-order valence-electron chi connectivity index (χ3n) is 6.64. The van der Waals surface area contributed by atoms with E-state index in [2.05, 4.69) is 0 Å². The second kappa shape index (κ2) is 9.07. The number of benzene rings is 3. The lowest BCUT2D eigenvalue weighted by atomic mass is 9.97. The highest BCUT2D eigenvalue weighted by Crippen LogP contribution is 2.43. The summed E-state index contributed by atoms with van der Waals surface area (Å²) >= 11 is 0. The molecule has 184 valence electrons. The van der Waals surface area contributed by atoms with Gasteiger partial charge in [0.05, 0.1) is 37.8 Å². The normalized spacial score (nSPS) is 14.8.